The number of sulfonamides is 1. The van der Waals surface area contributed by atoms with Crippen molar-refractivity contribution in [3.05, 3.63) is 89.0 Å². The Labute approximate surface area is 200 Å². The zero-order valence-electron chi connectivity index (χ0n) is 19.0. The van der Waals surface area contributed by atoms with Crippen LogP contribution >= 0.6 is 0 Å². The van der Waals surface area contributed by atoms with Crippen molar-refractivity contribution in [2.45, 2.75) is 37.5 Å². The summed E-state index contributed by atoms with van der Waals surface area (Å²) in [6.07, 6.45) is 2.56. The largest absolute Gasteiger partial charge is 0.384 e. The van der Waals surface area contributed by atoms with Crippen LogP contribution in [0, 0.1) is 12.3 Å². The highest BCUT2D eigenvalue weighted by Crippen LogP contribution is 2.31. The third-order valence-electron chi connectivity index (χ3n) is 5.94. The molecule has 1 aliphatic heterocycles. The van der Waals surface area contributed by atoms with Crippen LogP contribution in [0.15, 0.2) is 71.6 Å². The molecule has 0 aromatic heterocycles. The maximum Gasteiger partial charge on any atom is 0.261 e. The minimum atomic E-state index is -3.69. The fraction of sp³-hybridized carbons (Fsp3) is 0.231. The summed E-state index contributed by atoms with van der Waals surface area (Å²) in [5.41, 5.74) is 10.3. The maximum absolute atomic E-state index is 13.0. The number of fused-ring (bicyclic) bond motifs is 1. The molecule has 0 unspecified atom stereocenters. The summed E-state index contributed by atoms with van der Waals surface area (Å²) in [4.78, 5) is 15.0. The van der Waals surface area contributed by atoms with Crippen LogP contribution in [0.25, 0.3) is 0 Å². The lowest BCUT2D eigenvalue weighted by Crippen LogP contribution is -2.35. The minimum absolute atomic E-state index is 0.0214. The lowest BCUT2D eigenvalue weighted by Gasteiger charge is -2.30. The number of aryl methyl sites for hydroxylation is 3. The quantitative estimate of drug-likeness (QED) is 0.353. The van der Waals surface area contributed by atoms with Crippen LogP contribution in [0.3, 0.4) is 0 Å². The van der Waals surface area contributed by atoms with E-state index >= 15 is 0 Å². The topological polar surface area (TPSA) is 116 Å². The SMILES string of the molecule is Cc1cccc(S(=O)(=O)Nc2ccc3c(c2)CCCN3C(=O)CCc2ccc(C(=N)N)cc2)c1. The predicted octanol–water partition coefficient (Wildman–Crippen LogP) is 3.99. The molecule has 0 fully saturated rings. The summed E-state index contributed by atoms with van der Waals surface area (Å²) in [6, 6.07) is 19.5. The molecular formula is C26H28N4O3S. The van der Waals surface area contributed by atoms with Crippen LogP contribution in [0.4, 0.5) is 11.4 Å². The summed E-state index contributed by atoms with van der Waals surface area (Å²) in [6.45, 7) is 2.49. The van der Waals surface area contributed by atoms with E-state index in [1.165, 1.54) is 0 Å². The second-order valence-corrected chi connectivity index (χ2v) is 10.2. The van der Waals surface area contributed by atoms with E-state index in [1.807, 2.05) is 37.3 Å². The number of hydrogen-bond acceptors (Lipinski definition) is 4. The standard InChI is InChI=1S/C26H28N4O3S/c1-18-4-2-6-23(16-18)34(32,33)29-22-12-13-24-21(17-22)5-3-15-30(24)25(31)14-9-19-7-10-20(11-8-19)26(27)28/h2,4,6-8,10-13,16-17,29H,3,5,9,14-15H2,1H3,(H3,27,28). The number of nitrogens with two attached hydrogens (primary N) is 1. The molecular weight excluding hydrogens is 448 g/mol. The van der Waals surface area contributed by atoms with Crippen LogP contribution in [-0.4, -0.2) is 26.7 Å². The van der Waals surface area contributed by atoms with Gasteiger partial charge in [-0.1, -0.05) is 36.4 Å². The second-order valence-electron chi connectivity index (χ2n) is 8.53. The summed E-state index contributed by atoms with van der Waals surface area (Å²) in [5.74, 6) is 0.0535. The number of hydrogen-bond donors (Lipinski definition) is 3. The van der Waals surface area contributed by atoms with Gasteiger partial charge in [-0.15, -0.1) is 0 Å². The van der Waals surface area contributed by atoms with Gasteiger partial charge in [0, 0.05) is 29.9 Å². The van der Waals surface area contributed by atoms with Gasteiger partial charge in [-0.25, -0.2) is 8.42 Å². The molecule has 0 bridgehead atoms. The zero-order chi connectivity index (χ0) is 24.3. The summed E-state index contributed by atoms with van der Waals surface area (Å²) < 4.78 is 28.2. The fourth-order valence-electron chi connectivity index (χ4n) is 4.15. The molecule has 0 radical (unpaired) electrons. The first kappa shape index (κ1) is 23.5. The van der Waals surface area contributed by atoms with Crippen molar-refractivity contribution in [2.24, 2.45) is 5.73 Å². The van der Waals surface area contributed by atoms with Crippen molar-refractivity contribution < 1.29 is 13.2 Å². The molecule has 0 saturated heterocycles. The van der Waals surface area contributed by atoms with Gasteiger partial charge in [0.2, 0.25) is 5.91 Å². The lowest BCUT2D eigenvalue weighted by atomic mass is 10.00. The van der Waals surface area contributed by atoms with E-state index in [9.17, 15) is 13.2 Å². The predicted molar refractivity (Wildman–Crippen MR) is 135 cm³/mol. The molecule has 7 nitrogen and oxygen atoms in total. The lowest BCUT2D eigenvalue weighted by molar-refractivity contribution is -0.118. The van der Waals surface area contributed by atoms with E-state index in [1.54, 1.807) is 41.3 Å². The van der Waals surface area contributed by atoms with E-state index < -0.39 is 10.0 Å². The Kier molecular flexibility index (Phi) is 6.70. The Morgan fingerprint density at radius 2 is 1.85 bits per heavy atom. The van der Waals surface area contributed by atoms with Gasteiger partial charge in [0.15, 0.2) is 0 Å². The van der Waals surface area contributed by atoms with Crippen LogP contribution in [0.1, 0.15) is 35.1 Å². The number of amides is 1. The maximum atomic E-state index is 13.0. The van der Waals surface area contributed by atoms with Gasteiger partial charge < -0.3 is 10.6 Å². The Morgan fingerprint density at radius 1 is 1.09 bits per heavy atom. The Morgan fingerprint density at radius 3 is 2.56 bits per heavy atom. The van der Waals surface area contributed by atoms with E-state index in [4.69, 9.17) is 11.1 Å². The Balaban J connectivity index is 1.46. The number of carbonyl (C=O) groups excluding carboxylic acids is 1. The zero-order valence-corrected chi connectivity index (χ0v) is 19.9. The summed E-state index contributed by atoms with van der Waals surface area (Å²) >= 11 is 0. The average Bonchev–Trinajstić information content (AvgIpc) is 2.82. The van der Waals surface area contributed by atoms with Crippen molar-refractivity contribution in [3.8, 4) is 0 Å². The smallest absolute Gasteiger partial charge is 0.261 e. The van der Waals surface area contributed by atoms with Gasteiger partial charge >= 0.3 is 0 Å². The molecule has 0 aliphatic carbocycles. The molecule has 1 heterocycles. The molecule has 3 aromatic rings. The van der Waals surface area contributed by atoms with Gasteiger partial charge in [-0.3, -0.25) is 14.9 Å². The van der Waals surface area contributed by atoms with E-state index in [0.717, 1.165) is 35.2 Å². The Hall–Kier alpha value is -3.65. The van der Waals surface area contributed by atoms with Crippen LogP contribution in [0.2, 0.25) is 0 Å². The Bertz CT molecular complexity index is 1330. The molecule has 4 N–H and O–H groups in total. The van der Waals surface area contributed by atoms with Crippen molar-refractivity contribution in [2.75, 3.05) is 16.2 Å². The number of nitrogen functional groups attached to an aromatic ring is 1. The second kappa shape index (κ2) is 9.69. The third kappa shape index (κ3) is 5.28. The van der Waals surface area contributed by atoms with Gasteiger partial charge in [0.25, 0.3) is 10.0 Å². The van der Waals surface area contributed by atoms with Gasteiger partial charge in [-0.2, -0.15) is 0 Å². The highest BCUT2D eigenvalue weighted by molar-refractivity contribution is 7.92. The number of carbonyl (C=O) groups is 1. The number of nitrogens with one attached hydrogen (secondary N) is 2. The van der Waals surface area contributed by atoms with Crippen molar-refractivity contribution in [3.63, 3.8) is 0 Å². The van der Waals surface area contributed by atoms with E-state index in [-0.39, 0.29) is 16.6 Å². The van der Waals surface area contributed by atoms with Crippen LogP contribution < -0.4 is 15.4 Å². The molecule has 0 spiro atoms. The molecule has 4 rings (SSSR count). The number of nitrogens with zero attached hydrogens (tertiary/aromatic N) is 1. The van der Waals surface area contributed by atoms with Gasteiger partial charge in [0.05, 0.1) is 4.90 Å². The van der Waals surface area contributed by atoms with Crippen molar-refractivity contribution >= 4 is 33.1 Å². The molecule has 176 valence electrons. The normalized spacial score (nSPS) is 13.3. The summed E-state index contributed by atoms with van der Waals surface area (Å²) in [7, 11) is -3.69. The first-order valence-electron chi connectivity index (χ1n) is 11.2. The van der Waals surface area contributed by atoms with Crippen LogP contribution in [-0.2, 0) is 27.7 Å². The fourth-order valence-corrected chi connectivity index (χ4v) is 5.31. The van der Waals surface area contributed by atoms with E-state index in [0.29, 0.717) is 30.6 Å². The molecule has 0 atom stereocenters. The first-order valence-corrected chi connectivity index (χ1v) is 12.7. The van der Waals surface area contributed by atoms with Crippen molar-refractivity contribution in [1.29, 1.82) is 5.41 Å². The van der Waals surface area contributed by atoms with Gasteiger partial charge in [-0.05, 0) is 73.2 Å². The summed E-state index contributed by atoms with van der Waals surface area (Å²) in [5, 5.41) is 7.47. The molecule has 1 amide bonds. The average molecular weight is 477 g/mol. The third-order valence-corrected chi connectivity index (χ3v) is 7.32. The molecule has 1 aliphatic rings. The molecule has 0 saturated carbocycles. The highest BCUT2D eigenvalue weighted by Gasteiger charge is 2.23. The minimum Gasteiger partial charge on any atom is -0.384 e. The number of amidine groups is 1. The molecule has 8 heteroatoms. The molecule has 3 aromatic carbocycles. The first-order chi connectivity index (χ1) is 16.2. The number of benzene rings is 3. The van der Waals surface area contributed by atoms with Crippen molar-refractivity contribution in [1.82, 2.24) is 0 Å². The van der Waals surface area contributed by atoms with E-state index in [2.05, 4.69) is 4.72 Å². The highest BCUT2D eigenvalue weighted by atomic mass is 32.2. The van der Waals surface area contributed by atoms with Crippen LogP contribution in [0.5, 0.6) is 0 Å². The monoisotopic (exact) mass is 476 g/mol. The number of rotatable bonds is 7. The molecule has 34 heavy (non-hydrogen) atoms. The van der Waals surface area contributed by atoms with Gasteiger partial charge in [0.1, 0.15) is 5.84 Å². The number of anilines is 2.